The first-order valence-electron chi connectivity index (χ1n) is 6.82. The number of carboxylic acids is 1. The van der Waals surface area contributed by atoms with E-state index in [9.17, 15) is 9.90 Å². The van der Waals surface area contributed by atoms with Crippen LogP contribution in [0.5, 0.6) is 0 Å². The quantitative estimate of drug-likeness (QED) is 0.895. The van der Waals surface area contributed by atoms with Crippen molar-refractivity contribution in [3.05, 3.63) is 30.1 Å². The van der Waals surface area contributed by atoms with Crippen molar-refractivity contribution in [2.24, 2.45) is 5.41 Å². The number of hydrogen-bond acceptors (Lipinski definition) is 2. The van der Waals surface area contributed by atoms with Gasteiger partial charge in [0, 0.05) is 6.54 Å². The third kappa shape index (κ3) is 2.11. The number of nitrogens with zero attached hydrogens (tertiary/aromatic N) is 2. The molecule has 2 aromatic rings. The maximum atomic E-state index is 11.3. The number of imidazole rings is 1. The highest BCUT2D eigenvalue weighted by molar-refractivity contribution is 6.01. The lowest BCUT2D eigenvalue weighted by atomic mass is 10.0. The summed E-state index contributed by atoms with van der Waals surface area (Å²) in [7, 11) is 0. The highest BCUT2D eigenvalue weighted by atomic mass is 16.4. The molecule has 0 unspecified atom stereocenters. The molecule has 0 atom stereocenters. The van der Waals surface area contributed by atoms with Crippen LogP contribution in [0.3, 0.4) is 0 Å². The summed E-state index contributed by atoms with van der Waals surface area (Å²) in [5.74, 6) is -0.882. The first kappa shape index (κ1) is 12.2. The normalized spacial score (nSPS) is 16.7. The van der Waals surface area contributed by atoms with Crippen LogP contribution in [0.2, 0.25) is 0 Å². The van der Waals surface area contributed by atoms with E-state index in [2.05, 4.69) is 11.9 Å². The summed E-state index contributed by atoms with van der Waals surface area (Å²) in [6.45, 7) is 3.09. The summed E-state index contributed by atoms with van der Waals surface area (Å²) in [4.78, 5) is 15.7. The van der Waals surface area contributed by atoms with Crippen molar-refractivity contribution in [3.8, 4) is 0 Å². The number of benzene rings is 1. The fourth-order valence-electron chi connectivity index (χ4n) is 2.98. The SMILES string of the molecule is CCCC1(Cn2cnc3cccc(C(=O)O)c32)CC1. The van der Waals surface area contributed by atoms with Crippen LogP contribution in [-0.2, 0) is 6.54 Å². The number of hydrogen-bond donors (Lipinski definition) is 1. The molecule has 100 valence electrons. The van der Waals surface area contributed by atoms with Crippen LogP contribution >= 0.6 is 0 Å². The van der Waals surface area contributed by atoms with Gasteiger partial charge >= 0.3 is 5.97 Å². The van der Waals surface area contributed by atoms with E-state index in [1.165, 1.54) is 25.7 Å². The van der Waals surface area contributed by atoms with E-state index in [-0.39, 0.29) is 0 Å². The van der Waals surface area contributed by atoms with Crippen molar-refractivity contribution in [3.63, 3.8) is 0 Å². The van der Waals surface area contributed by atoms with E-state index in [1.807, 2.05) is 10.6 Å². The van der Waals surface area contributed by atoms with Crippen LogP contribution in [-0.4, -0.2) is 20.6 Å². The number of fused-ring (bicyclic) bond motifs is 1. The van der Waals surface area contributed by atoms with Crippen LogP contribution in [0.15, 0.2) is 24.5 Å². The van der Waals surface area contributed by atoms with Crippen molar-refractivity contribution in [2.45, 2.75) is 39.2 Å². The van der Waals surface area contributed by atoms with Gasteiger partial charge < -0.3 is 9.67 Å². The predicted molar refractivity (Wildman–Crippen MR) is 73.3 cm³/mol. The Morgan fingerprint density at radius 2 is 2.26 bits per heavy atom. The maximum absolute atomic E-state index is 11.3. The Balaban J connectivity index is 2.02. The zero-order valence-corrected chi connectivity index (χ0v) is 11.1. The average Bonchev–Trinajstić information content (AvgIpc) is 3.02. The molecule has 0 amide bonds. The Hall–Kier alpha value is -1.84. The average molecular weight is 258 g/mol. The molecule has 1 aromatic heterocycles. The molecule has 0 radical (unpaired) electrons. The largest absolute Gasteiger partial charge is 0.478 e. The van der Waals surface area contributed by atoms with Gasteiger partial charge in [-0.05, 0) is 36.8 Å². The van der Waals surface area contributed by atoms with E-state index in [1.54, 1.807) is 18.5 Å². The number of para-hydroxylation sites is 1. The van der Waals surface area contributed by atoms with E-state index >= 15 is 0 Å². The Bertz CT molecular complexity index is 626. The van der Waals surface area contributed by atoms with Crippen molar-refractivity contribution < 1.29 is 9.90 Å². The van der Waals surface area contributed by atoms with Gasteiger partial charge in [0.2, 0.25) is 0 Å². The Morgan fingerprint density at radius 1 is 1.47 bits per heavy atom. The first-order chi connectivity index (χ1) is 9.15. The third-order valence-electron chi connectivity index (χ3n) is 4.11. The highest BCUT2D eigenvalue weighted by Gasteiger charge is 2.42. The lowest BCUT2D eigenvalue weighted by Crippen LogP contribution is -2.12. The second kappa shape index (κ2) is 4.37. The standard InChI is InChI=1S/C15H18N2O2/c1-2-6-15(7-8-15)9-17-10-16-12-5-3-4-11(13(12)17)14(18)19/h3-5,10H,2,6-9H2,1H3,(H,18,19). The minimum Gasteiger partial charge on any atom is -0.478 e. The van der Waals surface area contributed by atoms with Gasteiger partial charge in [-0.3, -0.25) is 0 Å². The highest BCUT2D eigenvalue weighted by Crippen LogP contribution is 2.51. The molecule has 0 aliphatic heterocycles. The number of aromatic nitrogens is 2. The van der Waals surface area contributed by atoms with Gasteiger partial charge in [-0.15, -0.1) is 0 Å². The topological polar surface area (TPSA) is 55.1 Å². The van der Waals surface area contributed by atoms with E-state index < -0.39 is 5.97 Å². The number of aromatic carboxylic acids is 1. The molecule has 3 rings (SSSR count). The molecular weight excluding hydrogens is 240 g/mol. The molecule has 0 spiro atoms. The Labute approximate surface area is 112 Å². The fourth-order valence-corrected chi connectivity index (χ4v) is 2.98. The number of rotatable bonds is 5. The number of carbonyl (C=O) groups is 1. The first-order valence-corrected chi connectivity index (χ1v) is 6.82. The molecule has 1 heterocycles. The summed E-state index contributed by atoms with van der Waals surface area (Å²) < 4.78 is 2.03. The lowest BCUT2D eigenvalue weighted by Gasteiger charge is -2.15. The number of carboxylic acid groups (broad SMARTS) is 1. The van der Waals surface area contributed by atoms with Gasteiger partial charge in [0.05, 0.1) is 22.9 Å². The molecule has 1 N–H and O–H groups in total. The van der Waals surface area contributed by atoms with Crippen LogP contribution in [0.25, 0.3) is 11.0 Å². The summed E-state index contributed by atoms with van der Waals surface area (Å²) in [6.07, 6.45) is 6.67. The third-order valence-corrected chi connectivity index (χ3v) is 4.11. The van der Waals surface area contributed by atoms with Crippen molar-refractivity contribution >= 4 is 17.0 Å². The lowest BCUT2D eigenvalue weighted by molar-refractivity contribution is 0.0698. The van der Waals surface area contributed by atoms with E-state index in [0.29, 0.717) is 11.0 Å². The minimum atomic E-state index is -0.882. The summed E-state index contributed by atoms with van der Waals surface area (Å²) in [6, 6.07) is 5.28. The van der Waals surface area contributed by atoms with Crippen LogP contribution in [0.4, 0.5) is 0 Å². The monoisotopic (exact) mass is 258 g/mol. The smallest absolute Gasteiger partial charge is 0.337 e. The second-order valence-electron chi connectivity index (χ2n) is 5.60. The molecule has 1 aliphatic carbocycles. The van der Waals surface area contributed by atoms with Crippen LogP contribution in [0, 0.1) is 5.41 Å². The molecule has 0 bridgehead atoms. The Morgan fingerprint density at radius 3 is 2.89 bits per heavy atom. The predicted octanol–water partition coefficient (Wildman–Crippen LogP) is 3.31. The van der Waals surface area contributed by atoms with Gasteiger partial charge in [-0.1, -0.05) is 19.4 Å². The second-order valence-corrected chi connectivity index (χ2v) is 5.60. The summed E-state index contributed by atoms with van der Waals surface area (Å²) in [5, 5.41) is 9.30. The van der Waals surface area contributed by atoms with Crippen LogP contribution in [0.1, 0.15) is 43.0 Å². The van der Waals surface area contributed by atoms with Gasteiger partial charge in [0.1, 0.15) is 0 Å². The molecule has 4 heteroatoms. The van der Waals surface area contributed by atoms with E-state index in [4.69, 9.17) is 0 Å². The maximum Gasteiger partial charge on any atom is 0.337 e. The van der Waals surface area contributed by atoms with Crippen molar-refractivity contribution in [1.29, 1.82) is 0 Å². The summed E-state index contributed by atoms with van der Waals surface area (Å²) >= 11 is 0. The molecule has 1 fully saturated rings. The van der Waals surface area contributed by atoms with Gasteiger partial charge in [-0.2, -0.15) is 0 Å². The molecule has 1 aliphatic rings. The van der Waals surface area contributed by atoms with E-state index in [0.717, 1.165) is 17.6 Å². The zero-order chi connectivity index (χ0) is 13.5. The van der Waals surface area contributed by atoms with Gasteiger partial charge in [-0.25, -0.2) is 9.78 Å². The van der Waals surface area contributed by atoms with Crippen LogP contribution < -0.4 is 0 Å². The Kier molecular flexibility index (Phi) is 2.81. The van der Waals surface area contributed by atoms with Crippen molar-refractivity contribution in [2.75, 3.05) is 0 Å². The summed E-state index contributed by atoms with van der Waals surface area (Å²) in [5.41, 5.74) is 2.26. The molecule has 1 aromatic carbocycles. The molecule has 1 saturated carbocycles. The molecule has 0 saturated heterocycles. The fraction of sp³-hybridized carbons (Fsp3) is 0.467. The molecular formula is C15H18N2O2. The minimum absolute atomic E-state index is 0.349. The zero-order valence-electron chi connectivity index (χ0n) is 11.1. The molecule has 19 heavy (non-hydrogen) atoms. The van der Waals surface area contributed by atoms with Gasteiger partial charge in [0.25, 0.3) is 0 Å². The van der Waals surface area contributed by atoms with Gasteiger partial charge in [0.15, 0.2) is 0 Å². The van der Waals surface area contributed by atoms with Crippen molar-refractivity contribution in [1.82, 2.24) is 9.55 Å². The molecule has 4 nitrogen and oxygen atoms in total.